The second kappa shape index (κ2) is 7.74. The number of thiazole rings is 1. The number of rotatable bonds is 3. The van der Waals surface area contributed by atoms with E-state index in [0.717, 1.165) is 29.0 Å². The third kappa shape index (κ3) is 3.73. The molecule has 2 saturated heterocycles. The zero-order chi connectivity index (χ0) is 22.6. The summed E-state index contributed by atoms with van der Waals surface area (Å²) in [7, 11) is 0. The van der Waals surface area contributed by atoms with Crippen LogP contribution in [0.5, 0.6) is 0 Å². The SMILES string of the molecule is CC(O)c1ccc(-c2nccs2)c2oc(N3CC4CCC(C3)N4C(=O)OC(C)(C)C)nc12. The van der Waals surface area contributed by atoms with Crippen molar-refractivity contribution in [2.45, 2.75) is 64.3 Å². The Morgan fingerprint density at radius 3 is 2.59 bits per heavy atom. The van der Waals surface area contributed by atoms with Gasteiger partial charge in [0.15, 0.2) is 5.58 Å². The molecule has 3 unspecified atom stereocenters. The smallest absolute Gasteiger partial charge is 0.410 e. The van der Waals surface area contributed by atoms with Gasteiger partial charge in [-0.2, -0.15) is 4.98 Å². The minimum Gasteiger partial charge on any atom is -0.444 e. The molecule has 32 heavy (non-hydrogen) atoms. The lowest BCUT2D eigenvalue weighted by molar-refractivity contribution is 0.0120. The lowest BCUT2D eigenvalue weighted by atomic mass is 10.1. The topological polar surface area (TPSA) is 91.9 Å². The Morgan fingerprint density at radius 2 is 2.00 bits per heavy atom. The van der Waals surface area contributed by atoms with Crippen molar-refractivity contribution in [3.8, 4) is 10.6 Å². The predicted octanol–water partition coefficient (Wildman–Crippen LogP) is 4.59. The van der Waals surface area contributed by atoms with Crippen molar-refractivity contribution >= 4 is 34.5 Å². The van der Waals surface area contributed by atoms with Crippen LogP contribution in [0.3, 0.4) is 0 Å². The number of benzene rings is 1. The molecule has 2 aromatic heterocycles. The number of ether oxygens (including phenoxy) is 1. The van der Waals surface area contributed by atoms with Gasteiger partial charge in [-0.3, -0.25) is 4.90 Å². The van der Waals surface area contributed by atoms with Crippen molar-refractivity contribution in [1.82, 2.24) is 14.9 Å². The van der Waals surface area contributed by atoms with Gasteiger partial charge in [-0.05, 0) is 46.6 Å². The third-order valence-electron chi connectivity index (χ3n) is 6.03. The number of carbonyl (C=O) groups is 1. The number of nitrogens with zero attached hydrogens (tertiary/aromatic N) is 4. The normalized spacial score (nSPS) is 21.9. The Bertz CT molecular complexity index is 1120. The second-order valence-electron chi connectivity index (χ2n) is 9.57. The molecule has 9 heteroatoms. The molecule has 0 saturated carbocycles. The zero-order valence-electron chi connectivity index (χ0n) is 18.7. The first-order valence-corrected chi connectivity index (χ1v) is 11.9. The number of aliphatic hydroxyl groups excluding tert-OH is 1. The summed E-state index contributed by atoms with van der Waals surface area (Å²) in [6, 6.07) is 4.47. The maximum absolute atomic E-state index is 12.8. The molecule has 8 nitrogen and oxygen atoms in total. The molecule has 170 valence electrons. The highest BCUT2D eigenvalue weighted by atomic mass is 32.1. The fourth-order valence-electron chi connectivity index (χ4n) is 4.68. The fraction of sp³-hybridized carbons (Fsp3) is 0.522. The summed E-state index contributed by atoms with van der Waals surface area (Å²) in [5.74, 6) is 0. The number of hydrogen-bond acceptors (Lipinski definition) is 8. The molecule has 2 aliphatic heterocycles. The van der Waals surface area contributed by atoms with Crippen molar-refractivity contribution in [3.63, 3.8) is 0 Å². The van der Waals surface area contributed by atoms with Gasteiger partial charge in [0.25, 0.3) is 6.01 Å². The molecule has 0 aliphatic carbocycles. The Kier molecular flexibility index (Phi) is 5.13. The summed E-state index contributed by atoms with van der Waals surface area (Å²) < 4.78 is 11.9. The van der Waals surface area contributed by atoms with Crippen molar-refractivity contribution in [2.24, 2.45) is 0 Å². The molecule has 1 amide bonds. The number of anilines is 1. The number of piperazine rings is 1. The van der Waals surface area contributed by atoms with Gasteiger partial charge in [-0.25, -0.2) is 9.78 Å². The molecular weight excluding hydrogens is 428 g/mol. The highest BCUT2D eigenvalue weighted by Gasteiger charge is 2.45. The van der Waals surface area contributed by atoms with E-state index in [0.29, 0.717) is 30.2 Å². The van der Waals surface area contributed by atoms with E-state index >= 15 is 0 Å². The van der Waals surface area contributed by atoms with Gasteiger partial charge in [0.05, 0.1) is 23.8 Å². The molecule has 1 N–H and O–H groups in total. The Hall–Kier alpha value is -2.65. The van der Waals surface area contributed by atoms with E-state index in [-0.39, 0.29) is 18.2 Å². The van der Waals surface area contributed by atoms with Gasteiger partial charge in [0.1, 0.15) is 16.1 Å². The molecule has 5 rings (SSSR count). The summed E-state index contributed by atoms with van der Waals surface area (Å²) in [5.41, 5.74) is 2.37. The summed E-state index contributed by atoms with van der Waals surface area (Å²) in [6.45, 7) is 8.67. The average molecular weight is 457 g/mol. The zero-order valence-corrected chi connectivity index (χ0v) is 19.6. The first kappa shape index (κ1) is 21.2. The number of aliphatic hydroxyl groups is 1. The van der Waals surface area contributed by atoms with Crippen molar-refractivity contribution in [2.75, 3.05) is 18.0 Å². The van der Waals surface area contributed by atoms with Crippen LogP contribution in [-0.4, -0.2) is 56.8 Å². The Balaban J connectivity index is 1.47. The Morgan fingerprint density at radius 1 is 1.28 bits per heavy atom. The van der Waals surface area contributed by atoms with E-state index in [1.54, 1.807) is 13.1 Å². The van der Waals surface area contributed by atoms with Crippen LogP contribution >= 0.6 is 11.3 Å². The van der Waals surface area contributed by atoms with Crippen LogP contribution < -0.4 is 4.90 Å². The van der Waals surface area contributed by atoms with E-state index in [1.807, 2.05) is 43.2 Å². The summed E-state index contributed by atoms with van der Waals surface area (Å²) >= 11 is 1.54. The number of fused-ring (bicyclic) bond motifs is 3. The average Bonchev–Trinajstić information content (AvgIpc) is 3.43. The molecule has 3 aromatic rings. The van der Waals surface area contributed by atoms with Crippen molar-refractivity contribution < 1.29 is 19.1 Å². The molecule has 1 aromatic carbocycles. The van der Waals surface area contributed by atoms with E-state index in [9.17, 15) is 9.90 Å². The minimum absolute atomic E-state index is 0.0632. The molecular formula is C23H28N4O4S. The van der Waals surface area contributed by atoms with Crippen LogP contribution in [-0.2, 0) is 4.74 Å². The standard InChI is InChI=1S/C23H28N4O4S/c1-13(28)16-7-8-17(20-24-9-10-32-20)19-18(16)25-21(30-19)26-11-14-5-6-15(12-26)27(14)22(29)31-23(2,3)4/h7-10,13-15,28H,5-6,11-12H2,1-4H3. The van der Waals surface area contributed by atoms with Crippen LogP contribution in [0.2, 0.25) is 0 Å². The molecule has 4 heterocycles. The van der Waals surface area contributed by atoms with Gasteiger partial charge < -0.3 is 19.2 Å². The van der Waals surface area contributed by atoms with Gasteiger partial charge in [0.2, 0.25) is 0 Å². The van der Waals surface area contributed by atoms with Crippen LogP contribution in [0, 0.1) is 0 Å². The van der Waals surface area contributed by atoms with Gasteiger partial charge in [-0.1, -0.05) is 6.07 Å². The van der Waals surface area contributed by atoms with Crippen LogP contribution in [0.4, 0.5) is 10.8 Å². The van der Waals surface area contributed by atoms with E-state index in [1.165, 1.54) is 11.3 Å². The van der Waals surface area contributed by atoms with Crippen LogP contribution in [0.1, 0.15) is 52.2 Å². The number of amides is 1. The first-order chi connectivity index (χ1) is 15.2. The molecule has 2 aliphatic rings. The van der Waals surface area contributed by atoms with Gasteiger partial charge >= 0.3 is 6.09 Å². The maximum Gasteiger partial charge on any atom is 0.410 e. The van der Waals surface area contributed by atoms with Crippen molar-refractivity contribution in [1.29, 1.82) is 0 Å². The quantitative estimate of drug-likeness (QED) is 0.616. The summed E-state index contributed by atoms with van der Waals surface area (Å²) in [4.78, 5) is 26.0. The molecule has 2 fully saturated rings. The monoisotopic (exact) mass is 456 g/mol. The van der Waals surface area contributed by atoms with E-state index in [2.05, 4.69) is 9.88 Å². The van der Waals surface area contributed by atoms with E-state index in [4.69, 9.17) is 14.1 Å². The van der Waals surface area contributed by atoms with Crippen LogP contribution in [0.15, 0.2) is 28.1 Å². The Labute approximate surface area is 190 Å². The van der Waals surface area contributed by atoms with Crippen LogP contribution in [0.25, 0.3) is 21.7 Å². The second-order valence-corrected chi connectivity index (χ2v) is 10.5. The number of oxazole rings is 1. The molecule has 0 radical (unpaired) electrons. The number of hydrogen-bond donors (Lipinski definition) is 1. The van der Waals surface area contributed by atoms with Crippen molar-refractivity contribution in [3.05, 3.63) is 29.3 Å². The predicted molar refractivity (Wildman–Crippen MR) is 123 cm³/mol. The highest BCUT2D eigenvalue weighted by Crippen LogP contribution is 2.39. The summed E-state index contributed by atoms with van der Waals surface area (Å²) in [6.07, 6.45) is 2.72. The fourth-order valence-corrected chi connectivity index (χ4v) is 5.34. The lowest BCUT2D eigenvalue weighted by Gasteiger charge is -2.40. The van der Waals surface area contributed by atoms with Gasteiger partial charge in [-0.15, -0.1) is 11.3 Å². The maximum atomic E-state index is 12.8. The summed E-state index contributed by atoms with van der Waals surface area (Å²) in [5, 5.41) is 13.1. The minimum atomic E-state index is -0.666. The molecule has 2 bridgehead atoms. The highest BCUT2D eigenvalue weighted by molar-refractivity contribution is 7.13. The largest absolute Gasteiger partial charge is 0.444 e. The number of aromatic nitrogens is 2. The third-order valence-corrected chi connectivity index (χ3v) is 6.84. The lowest BCUT2D eigenvalue weighted by Crippen LogP contribution is -2.56. The first-order valence-electron chi connectivity index (χ1n) is 11.0. The van der Waals surface area contributed by atoms with E-state index < -0.39 is 11.7 Å². The molecule has 0 spiro atoms. The van der Waals surface area contributed by atoms with Gasteiger partial charge in [0, 0.05) is 30.2 Å². The number of carbonyl (C=O) groups excluding carboxylic acids is 1. The molecule has 3 atom stereocenters.